The molecule has 4 nitrogen and oxygen atoms in total. The highest BCUT2D eigenvalue weighted by atomic mass is 16.7. The Balaban J connectivity index is 0.000000292. The minimum Gasteiger partial charge on any atom is -0.405 e. The van der Waals surface area contributed by atoms with Crippen molar-refractivity contribution in [1.82, 2.24) is 4.90 Å². The second kappa shape index (κ2) is 4.80. The molecule has 1 rings (SSSR count). The highest BCUT2D eigenvalue weighted by molar-refractivity contribution is 6.19. The van der Waals surface area contributed by atoms with Gasteiger partial charge in [-0.1, -0.05) is 0 Å². The number of carbonyl (C=O) groups excluding carboxylic acids is 1. The predicted octanol–water partition coefficient (Wildman–Crippen LogP) is 0.829. The van der Waals surface area contributed by atoms with Gasteiger partial charge in [0.1, 0.15) is 0 Å². The zero-order valence-electron chi connectivity index (χ0n) is 9.83. The maximum absolute atomic E-state index is 9.43. The second-order valence-corrected chi connectivity index (χ2v) is 4.42. The standard InChI is InChI=1S/C6H12BO2.C3H7NO/c1-5(2)6(3,4)9-7-8-5;1-4(2)3-5/h1-4H3;3H,1-2H3. The Morgan fingerprint density at radius 3 is 1.43 bits per heavy atom. The summed E-state index contributed by atoms with van der Waals surface area (Å²) in [6.07, 6.45) is 0.750. The molecule has 14 heavy (non-hydrogen) atoms. The summed E-state index contributed by atoms with van der Waals surface area (Å²) in [4.78, 5) is 10.9. The first-order valence-electron chi connectivity index (χ1n) is 4.52. The van der Waals surface area contributed by atoms with Gasteiger partial charge in [-0.05, 0) is 27.7 Å². The van der Waals surface area contributed by atoms with Crippen molar-refractivity contribution < 1.29 is 14.1 Å². The molecule has 0 N–H and O–H groups in total. The van der Waals surface area contributed by atoms with Gasteiger partial charge in [0.25, 0.3) is 0 Å². The molecule has 0 bridgehead atoms. The van der Waals surface area contributed by atoms with E-state index in [4.69, 9.17) is 9.31 Å². The Bertz CT molecular complexity index is 178. The van der Waals surface area contributed by atoms with E-state index in [0.717, 1.165) is 6.41 Å². The van der Waals surface area contributed by atoms with E-state index >= 15 is 0 Å². The molecule has 1 fully saturated rings. The van der Waals surface area contributed by atoms with Gasteiger partial charge < -0.3 is 14.2 Å². The van der Waals surface area contributed by atoms with Crippen LogP contribution in [0, 0.1) is 0 Å². The van der Waals surface area contributed by atoms with Crippen LogP contribution in [0.2, 0.25) is 0 Å². The van der Waals surface area contributed by atoms with Gasteiger partial charge in [-0.2, -0.15) is 0 Å². The molecule has 1 amide bonds. The third-order valence-corrected chi connectivity index (χ3v) is 2.35. The fourth-order valence-electron chi connectivity index (χ4n) is 0.548. The summed E-state index contributed by atoms with van der Waals surface area (Å²) < 4.78 is 10.4. The summed E-state index contributed by atoms with van der Waals surface area (Å²) >= 11 is 0. The lowest BCUT2D eigenvalue weighted by atomic mass is 9.90. The maximum atomic E-state index is 9.43. The monoisotopic (exact) mass is 200 g/mol. The first kappa shape index (κ1) is 13.5. The van der Waals surface area contributed by atoms with E-state index in [0.29, 0.717) is 0 Å². The molecule has 5 heteroatoms. The van der Waals surface area contributed by atoms with Crippen molar-refractivity contribution in [2.75, 3.05) is 14.1 Å². The fourth-order valence-corrected chi connectivity index (χ4v) is 0.548. The first-order chi connectivity index (χ1) is 6.23. The molecule has 1 heterocycles. The van der Waals surface area contributed by atoms with E-state index in [1.165, 1.54) is 12.6 Å². The predicted molar refractivity (Wildman–Crippen MR) is 55.8 cm³/mol. The van der Waals surface area contributed by atoms with Crippen LogP contribution >= 0.6 is 0 Å². The molecule has 0 spiro atoms. The molecule has 1 aliphatic heterocycles. The lowest BCUT2D eigenvalue weighted by molar-refractivity contribution is -0.115. The maximum Gasteiger partial charge on any atom is 0.488 e. The average molecular weight is 200 g/mol. The molecule has 1 saturated heterocycles. The zero-order valence-corrected chi connectivity index (χ0v) is 9.83. The summed E-state index contributed by atoms with van der Waals surface area (Å²) in [5.74, 6) is 0. The van der Waals surface area contributed by atoms with Gasteiger partial charge in [0, 0.05) is 14.1 Å². The van der Waals surface area contributed by atoms with E-state index < -0.39 is 0 Å². The Morgan fingerprint density at radius 1 is 1.07 bits per heavy atom. The quantitative estimate of drug-likeness (QED) is 0.464. The van der Waals surface area contributed by atoms with Crippen LogP contribution < -0.4 is 0 Å². The minimum atomic E-state index is -0.188. The van der Waals surface area contributed by atoms with Gasteiger partial charge >= 0.3 is 7.69 Å². The van der Waals surface area contributed by atoms with Crippen molar-refractivity contribution >= 4 is 14.1 Å². The topological polar surface area (TPSA) is 38.8 Å². The van der Waals surface area contributed by atoms with Crippen molar-refractivity contribution in [1.29, 1.82) is 0 Å². The smallest absolute Gasteiger partial charge is 0.405 e. The van der Waals surface area contributed by atoms with Crippen molar-refractivity contribution in [3.63, 3.8) is 0 Å². The SMILES string of the molecule is CC1(C)O[B]OC1(C)C.CN(C)C=O. The average Bonchev–Trinajstić information content (AvgIpc) is 2.26. The molecule has 0 saturated carbocycles. The van der Waals surface area contributed by atoms with Crippen LogP contribution in [-0.2, 0) is 14.1 Å². The highest BCUT2D eigenvalue weighted by Gasteiger charge is 2.44. The molecule has 81 valence electrons. The van der Waals surface area contributed by atoms with Crippen LogP contribution in [0.15, 0.2) is 0 Å². The normalized spacial score (nSPS) is 21.6. The van der Waals surface area contributed by atoms with E-state index in [9.17, 15) is 4.79 Å². The number of hydrogen-bond donors (Lipinski definition) is 0. The van der Waals surface area contributed by atoms with E-state index in [1.54, 1.807) is 14.1 Å². The summed E-state index contributed by atoms with van der Waals surface area (Å²) in [5, 5.41) is 0. The van der Waals surface area contributed by atoms with Crippen molar-refractivity contribution in [3.8, 4) is 0 Å². The largest absolute Gasteiger partial charge is 0.488 e. The fraction of sp³-hybridized carbons (Fsp3) is 0.889. The van der Waals surface area contributed by atoms with Crippen LogP contribution in [0.1, 0.15) is 27.7 Å². The third-order valence-electron chi connectivity index (χ3n) is 2.35. The van der Waals surface area contributed by atoms with Crippen LogP contribution in [0.4, 0.5) is 0 Å². The Morgan fingerprint density at radius 2 is 1.36 bits per heavy atom. The Hall–Kier alpha value is -0.545. The van der Waals surface area contributed by atoms with Gasteiger partial charge in [-0.15, -0.1) is 0 Å². The zero-order chi connectivity index (χ0) is 11.4. The molecule has 0 aromatic rings. The molecule has 0 aromatic heterocycles. The third kappa shape index (κ3) is 3.68. The Labute approximate surface area is 86.9 Å². The lowest BCUT2D eigenvalue weighted by Gasteiger charge is -2.32. The van der Waals surface area contributed by atoms with Gasteiger partial charge in [-0.3, -0.25) is 4.79 Å². The minimum absolute atomic E-state index is 0.187. The van der Waals surface area contributed by atoms with Gasteiger partial charge in [0.05, 0.1) is 11.2 Å². The lowest BCUT2D eigenvalue weighted by Crippen LogP contribution is -2.41. The molecule has 0 aromatic carbocycles. The highest BCUT2D eigenvalue weighted by Crippen LogP contribution is 2.33. The molecular weight excluding hydrogens is 181 g/mol. The number of nitrogens with zero attached hydrogens (tertiary/aromatic N) is 1. The number of carbonyl (C=O) groups is 1. The number of rotatable bonds is 1. The van der Waals surface area contributed by atoms with E-state index in [-0.39, 0.29) is 11.2 Å². The summed E-state index contributed by atoms with van der Waals surface area (Å²) in [6.45, 7) is 8.04. The van der Waals surface area contributed by atoms with Crippen molar-refractivity contribution in [2.24, 2.45) is 0 Å². The van der Waals surface area contributed by atoms with Crippen molar-refractivity contribution in [3.05, 3.63) is 0 Å². The van der Waals surface area contributed by atoms with Gasteiger partial charge in [-0.25, -0.2) is 0 Å². The number of amides is 1. The van der Waals surface area contributed by atoms with Gasteiger partial charge in [0.2, 0.25) is 6.41 Å². The van der Waals surface area contributed by atoms with E-state index in [2.05, 4.69) is 0 Å². The Kier molecular flexibility index (Phi) is 4.61. The molecule has 0 unspecified atom stereocenters. The molecule has 0 atom stereocenters. The van der Waals surface area contributed by atoms with Gasteiger partial charge in [0.15, 0.2) is 0 Å². The van der Waals surface area contributed by atoms with Crippen LogP contribution in [0.3, 0.4) is 0 Å². The molecule has 1 radical (unpaired) electrons. The molecule has 0 aliphatic carbocycles. The molecule has 1 aliphatic rings. The summed E-state index contributed by atoms with van der Waals surface area (Å²) in [5.41, 5.74) is -0.375. The van der Waals surface area contributed by atoms with Crippen LogP contribution in [0.5, 0.6) is 0 Å². The summed E-state index contributed by atoms with van der Waals surface area (Å²) in [6, 6.07) is 0. The van der Waals surface area contributed by atoms with Crippen LogP contribution in [0.25, 0.3) is 0 Å². The molecular formula is C9H19BNO3. The van der Waals surface area contributed by atoms with Crippen molar-refractivity contribution in [2.45, 2.75) is 38.9 Å². The van der Waals surface area contributed by atoms with E-state index in [1.807, 2.05) is 27.7 Å². The summed E-state index contributed by atoms with van der Waals surface area (Å²) in [7, 11) is 4.79. The first-order valence-corrected chi connectivity index (χ1v) is 4.52. The van der Waals surface area contributed by atoms with Crippen LogP contribution in [-0.4, -0.2) is 44.3 Å². The number of hydrogen-bond acceptors (Lipinski definition) is 3. The second-order valence-electron chi connectivity index (χ2n) is 4.42.